The maximum absolute atomic E-state index is 6.07. The third kappa shape index (κ3) is 3.23. The molecule has 1 unspecified atom stereocenters. The van der Waals surface area contributed by atoms with Crippen molar-refractivity contribution in [1.82, 2.24) is 4.90 Å². The zero-order valence-corrected chi connectivity index (χ0v) is 12.0. The number of anilines is 1. The molecule has 0 saturated carbocycles. The normalized spacial score (nSPS) is 22.4. The molecule has 3 heteroatoms. The Balaban J connectivity index is 2.13. The van der Waals surface area contributed by atoms with Gasteiger partial charge in [-0.25, -0.2) is 0 Å². The van der Waals surface area contributed by atoms with Gasteiger partial charge in [0.05, 0.1) is 0 Å². The third-order valence-electron chi connectivity index (χ3n) is 3.71. The van der Waals surface area contributed by atoms with Crippen LogP contribution in [-0.4, -0.2) is 17.5 Å². The SMILES string of the molecule is CC1CCCCCN1Cc1c(N)cccc1Br. The lowest BCUT2D eigenvalue weighted by atomic mass is 10.1. The zero-order valence-electron chi connectivity index (χ0n) is 10.5. The van der Waals surface area contributed by atoms with Gasteiger partial charge in [-0.1, -0.05) is 34.8 Å². The standard InChI is InChI=1S/C14H21BrN2/c1-11-6-3-2-4-9-17(11)10-12-13(15)7-5-8-14(12)16/h5,7-8,11H,2-4,6,9-10,16H2,1H3. The monoisotopic (exact) mass is 296 g/mol. The van der Waals surface area contributed by atoms with Crippen LogP contribution in [0.15, 0.2) is 22.7 Å². The van der Waals surface area contributed by atoms with Crippen molar-refractivity contribution < 1.29 is 0 Å². The van der Waals surface area contributed by atoms with Gasteiger partial charge in [0.15, 0.2) is 0 Å². The number of likely N-dealkylation sites (tertiary alicyclic amines) is 1. The molecule has 1 aliphatic heterocycles. The minimum Gasteiger partial charge on any atom is -0.398 e. The highest BCUT2D eigenvalue weighted by molar-refractivity contribution is 9.10. The fourth-order valence-corrected chi connectivity index (χ4v) is 3.02. The molecule has 2 rings (SSSR count). The lowest BCUT2D eigenvalue weighted by molar-refractivity contribution is 0.205. The molecule has 94 valence electrons. The number of hydrogen-bond donors (Lipinski definition) is 1. The van der Waals surface area contributed by atoms with Crippen LogP contribution in [0.5, 0.6) is 0 Å². The molecule has 1 aromatic rings. The van der Waals surface area contributed by atoms with Gasteiger partial charge in [0.25, 0.3) is 0 Å². The molecule has 2 nitrogen and oxygen atoms in total. The third-order valence-corrected chi connectivity index (χ3v) is 4.45. The topological polar surface area (TPSA) is 29.3 Å². The molecule has 1 saturated heterocycles. The summed E-state index contributed by atoms with van der Waals surface area (Å²) in [6.07, 6.45) is 5.36. The molecule has 1 aromatic carbocycles. The van der Waals surface area contributed by atoms with Crippen LogP contribution in [0, 0.1) is 0 Å². The highest BCUT2D eigenvalue weighted by Gasteiger charge is 2.18. The van der Waals surface area contributed by atoms with E-state index in [9.17, 15) is 0 Å². The van der Waals surface area contributed by atoms with E-state index in [4.69, 9.17) is 5.73 Å². The fraction of sp³-hybridized carbons (Fsp3) is 0.571. The molecular formula is C14H21BrN2. The van der Waals surface area contributed by atoms with E-state index in [1.165, 1.54) is 37.8 Å². The van der Waals surface area contributed by atoms with Gasteiger partial charge in [-0.15, -0.1) is 0 Å². The largest absolute Gasteiger partial charge is 0.398 e. The molecule has 0 spiro atoms. The quantitative estimate of drug-likeness (QED) is 0.841. The summed E-state index contributed by atoms with van der Waals surface area (Å²) in [6, 6.07) is 6.73. The molecule has 1 heterocycles. The van der Waals surface area contributed by atoms with E-state index in [1.807, 2.05) is 12.1 Å². The summed E-state index contributed by atoms with van der Waals surface area (Å²) in [5.41, 5.74) is 8.20. The van der Waals surface area contributed by atoms with Gasteiger partial charge >= 0.3 is 0 Å². The Hall–Kier alpha value is -0.540. The number of hydrogen-bond acceptors (Lipinski definition) is 2. The van der Waals surface area contributed by atoms with Crippen molar-refractivity contribution in [2.45, 2.75) is 45.2 Å². The van der Waals surface area contributed by atoms with Gasteiger partial charge in [0.2, 0.25) is 0 Å². The van der Waals surface area contributed by atoms with Crippen LogP contribution < -0.4 is 5.73 Å². The van der Waals surface area contributed by atoms with Crippen LogP contribution in [0.1, 0.15) is 38.2 Å². The van der Waals surface area contributed by atoms with Gasteiger partial charge in [-0.05, 0) is 38.4 Å². The van der Waals surface area contributed by atoms with E-state index in [-0.39, 0.29) is 0 Å². The van der Waals surface area contributed by atoms with Crippen LogP contribution in [-0.2, 0) is 6.54 Å². The second-order valence-corrected chi connectivity index (χ2v) is 5.83. The van der Waals surface area contributed by atoms with E-state index in [0.29, 0.717) is 6.04 Å². The first-order chi connectivity index (χ1) is 8.18. The van der Waals surface area contributed by atoms with E-state index >= 15 is 0 Å². The molecule has 1 fully saturated rings. The number of nitrogens with zero attached hydrogens (tertiary/aromatic N) is 1. The van der Waals surface area contributed by atoms with E-state index < -0.39 is 0 Å². The van der Waals surface area contributed by atoms with Crippen molar-refractivity contribution in [3.63, 3.8) is 0 Å². The second kappa shape index (κ2) is 5.87. The van der Waals surface area contributed by atoms with Crippen molar-refractivity contribution in [2.75, 3.05) is 12.3 Å². The maximum atomic E-state index is 6.07. The van der Waals surface area contributed by atoms with Gasteiger partial charge in [-0.2, -0.15) is 0 Å². The Kier molecular flexibility index (Phi) is 4.46. The molecule has 17 heavy (non-hydrogen) atoms. The predicted octanol–water partition coefficient (Wildman–Crippen LogP) is 3.80. The van der Waals surface area contributed by atoms with E-state index in [0.717, 1.165) is 16.7 Å². The summed E-state index contributed by atoms with van der Waals surface area (Å²) in [5, 5.41) is 0. The van der Waals surface area contributed by atoms with Crippen LogP contribution in [0.2, 0.25) is 0 Å². The highest BCUT2D eigenvalue weighted by atomic mass is 79.9. The maximum Gasteiger partial charge on any atom is 0.0371 e. The number of rotatable bonds is 2. The number of benzene rings is 1. The van der Waals surface area contributed by atoms with Crippen LogP contribution in [0.4, 0.5) is 5.69 Å². The van der Waals surface area contributed by atoms with Crippen LogP contribution in [0.3, 0.4) is 0 Å². The lowest BCUT2D eigenvalue weighted by Crippen LogP contribution is -2.32. The molecule has 1 aliphatic rings. The lowest BCUT2D eigenvalue weighted by Gasteiger charge is -2.27. The molecule has 0 bridgehead atoms. The molecule has 1 atom stereocenters. The molecular weight excluding hydrogens is 276 g/mol. The highest BCUT2D eigenvalue weighted by Crippen LogP contribution is 2.26. The van der Waals surface area contributed by atoms with Gasteiger partial charge < -0.3 is 5.73 Å². The summed E-state index contributed by atoms with van der Waals surface area (Å²) in [5.74, 6) is 0. The molecule has 2 N–H and O–H groups in total. The summed E-state index contributed by atoms with van der Waals surface area (Å²) in [6.45, 7) is 4.49. The summed E-state index contributed by atoms with van der Waals surface area (Å²) >= 11 is 3.61. The smallest absolute Gasteiger partial charge is 0.0371 e. The Morgan fingerprint density at radius 1 is 1.35 bits per heavy atom. The van der Waals surface area contributed by atoms with Crippen LogP contribution in [0.25, 0.3) is 0 Å². The van der Waals surface area contributed by atoms with Crippen LogP contribution >= 0.6 is 15.9 Å². The van der Waals surface area contributed by atoms with Crippen molar-refractivity contribution in [3.05, 3.63) is 28.2 Å². The fourth-order valence-electron chi connectivity index (χ4n) is 2.51. The number of halogens is 1. The predicted molar refractivity (Wildman–Crippen MR) is 76.9 cm³/mol. The molecule has 0 amide bonds. The summed E-state index contributed by atoms with van der Waals surface area (Å²) in [4.78, 5) is 2.56. The minimum absolute atomic E-state index is 0.670. The first-order valence-electron chi connectivity index (χ1n) is 6.45. The Bertz CT molecular complexity index is 358. The van der Waals surface area contributed by atoms with Crippen molar-refractivity contribution in [3.8, 4) is 0 Å². The van der Waals surface area contributed by atoms with Gasteiger partial charge in [0, 0.05) is 28.3 Å². The van der Waals surface area contributed by atoms with Gasteiger partial charge in [0.1, 0.15) is 0 Å². The molecule has 0 aromatic heterocycles. The van der Waals surface area contributed by atoms with E-state index in [2.05, 4.69) is 33.8 Å². The Morgan fingerprint density at radius 2 is 2.18 bits per heavy atom. The Morgan fingerprint density at radius 3 is 2.94 bits per heavy atom. The van der Waals surface area contributed by atoms with Crippen molar-refractivity contribution in [2.24, 2.45) is 0 Å². The average molecular weight is 297 g/mol. The zero-order chi connectivity index (χ0) is 12.3. The molecule has 0 radical (unpaired) electrons. The first-order valence-corrected chi connectivity index (χ1v) is 7.24. The number of nitrogen functional groups attached to an aromatic ring is 1. The first kappa shape index (κ1) is 12.9. The summed E-state index contributed by atoms with van der Waals surface area (Å²) in [7, 11) is 0. The van der Waals surface area contributed by atoms with E-state index in [1.54, 1.807) is 0 Å². The van der Waals surface area contributed by atoms with Crippen molar-refractivity contribution in [1.29, 1.82) is 0 Å². The van der Waals surface area contributed by atoms with Crippen molar-refractivity contribution >= 4 is 21.6 Å². The molecule has 0 aliphatic carbocycles. The number of nitrogens with two attached hydrogens (primary N) is 1. The Labute approximate surface area is 112 Å². The summed E-state index contributed by atoms with van der Waals surface area (Å²) < 4.78 is 1.13. The second-order valence-electron chi connectivity index (χ2n) is 4.98. The minimum atomic E-state index is 0.670. The van der Waals surface area contributed by atoms with Gasteiger partial charge in [-0.3, -0.25) is 4.90 Å². The average Bonchev–Trinajstić information content (AvgIpc) is 2.49.